The Morgan fingerprint density at radius 2 is 1.89 bits per heavy atom. The third-order valence-electron chi connectivity index (χ3n) is 4.96. The van der Waals surface area contributed by atoms with E-state index in [1.54, 1.807) is 0 Å². The largest absolute Gasteiger partial charge is 0.297 e. The molecular weight excluding hydrogens is 222 g/mol. The molecule has 0 N–H and O–H groups in total. The number of nitriles is 1. The number of likely N-dealkylation sites (N-methyl/N-ethyl adjacent to an activating group) is 1. The predicted molar refractivity (Wildman–Crippen MR) is 74.3 cm³/mol. The van der Waals surface area contributed by atoms with E-state index in [0.717, 1.165) is 19.1 Å². The molecule has 0 spiro atoms. The molecule has 1 aliphatic heterocycles. The maximum absolute atomic E-state index is 9.01. The van der Waals surface area contributed by atoms with Crippen LogP contribution in [-0.2, 0) is 0 Å². The standard InChI is InChI=1S/C15H27N3/c1-15(2)12-18(13-7-5-4-6-8-13)11-14(9-10-16)17(15)3/h13-14H,4-9,11-12H2,1-3H3. The van der Waals surface area contributed by atoms with Crippen LogP contribution in [0.1, 0.15) is 52.4 Å². The van der Waals surface area contributed by atoms with E-state index in [1.165, 1.54) is 32.1 Å². The minimum absolute atomic E-state index is 0.192. The normalized spacial score (nSPS) is 31.1. The highest BCUT2D eigenvalue weighted by atomic mass is 15.3. The Kier molecular flexibility index (Phi) is 4.29. The van der Waals surface area contributed by atoms with Crippen molar-refractivity contribution in [1.29, 1.82) is 5.26 Å². The van der Waals surface area contributed by atoms with Gasteiger partial charge in [-0.25, -0.2) is 0 Å². The van der Waals surface area contributed by atoms with E-state index >= 15 is 0 Å². The van der Waals surface area contributed by atoms with Crippen molar-refractivity contribution in [3.63, 3.8) is 0 Å². The van der Waals surface area contributed by atoms with Crippen LogP contribution in [-0.4, -0.2) is 47.6 Å². The molecule has 1 aliphatic carbocycles. The second kappa shape index (κ2) is 5.59. The monoisotopic (exact) mass is 249 g/mol. The second-order valence-electron chi connectivity index (χ2n) is 6.66. The summed E-state index contributed by atoms with van der Waals surface area (Å²) in [4.78, 5) is 5.08. The zero-order valence-electron chi connectivity index (χ0n) is 12.2. The van der Waals surface area contributed by atoms with Crippen molar-refractivity contribution in [1.82, 2.24) is 9.80 Å². The number of hydrogen-bond acceptors (Lipinski definition) is 3. The summed E-state index contributed by atoms with van der Waals surface area (Å²) in [7, 11) is 2.18. The van der Waals surface area contributed by atoms with Crippen LogP contribution in [0.15, 0.2) is 0 Å². The van der Waals surface area contributed by atoms with E-state index in [1.807, 2.05) is 0 Å². The number of piperazine rings is 1. The van der Waals surface area contributed by atoms with Gasteiger partial charge in [-0.2, -0.15) is 5.26 Å². The number of nitrogens with zero attached hydrogens (tertiary/aromatic N) is 3. The quantitative estimate of drug-likeness (QED) is 0.753. The van der Waals surface area contributed by atoms with Gasteiger partial charge in [0, 0.05) is 30.7 Å². The summed E-state index contributed by atoms with van der Waals surface area (Å²) in [5.74, 6) is 0. The Morgan fingerprint density at radius 3 is 2.50 bits per heavy atom. The van der Waals surface area contributed by atoms with Gasteiger partial charge >= 0.3 is 0 Å². The van der Waals surface area contributed by atoms with Gasteiger partial charge in [0.2, 0.25) is 0 Å². The summed E-state index contributed by atoms with van der Waals surface area (Å²) in [6, 6.07) is 3.54. The lowest BCUT2D eigenvalue weighted by atomic mass is 9.88. The molecule has 1 saturated heterocycles. The molecule has 0 aromatic carbocycles. The van der Waals surface area contributed by atoms with Gasteiger partial charge in [0.05, 0.1) is 12.5 Å². The van der Waals surface area contributed by atoms with Gasteiger partial charge in [0.15, 0.2) is 0 Å². The molecule has 3 nitrogen and oxygen atoms in total. The lowest BCUT2D eigenvalue weighted by molar-refractivity contribution is -0.0296. The zero-order chi connectivity index (χ0) is 13.2. The fourth-order valence-corrected chi connectivity index (χ4v) is 3.59. The van der Waals surface area contributed by atoms with E-state index in [-0.39, 0.29) is 5.54 Å². The Morgan fingerprint density at radius 1 is 1.22 bits per heavy atom. The topological polar surface area (TPSA) is 30.3 Å². The average molecular weight is 249 g/mol. The van der Waals surface area contributed by atoms with Gasteiger partial charge in [-0.3, -0.25) is 9.80 Å². The van der Waals surface area contributed by atoms with Gasteiger partial charge in [-0.15, -0.1) is 0 Å². The minimum Gasteiger partial charge on any atom is -0.297 e. The van der Waals surface area contributed by atoms with Crippen LogP contribution in [0.4, 0.5) is 0 Å². The smallest absolute Gasteiger partial charge is 0.0638 e. The van der Waals surface area contributed by atoms with E-state index in [9.17, 15) is 0 Å². The van der Waals surface area contributed by atoms with Gasteiger partial charge in [-0.1, -0.05) is 19.3 Å². The highest BCUT2D eigenvalue weighted by Crippen LogP contribution is 2.30. The molecule has 18 heavy (non-hydrogen) atoms. The molecule has 0 amide bonds. The molecule has 2 fully saturated rings. The summed E-state index contributed by atoms with van der Waals surface area (Å²) in [5.41, 5.74) is 0.192. The Balaban J connectivity index is 2.06. The molecule has 2 rings (SSSR count). The number of rotatable bonds is 2. The first-order valence-electron chi connectivity index (χ1n) is 7.38. The fourth-order valence-electron chi connectivity index (χ4n) is 3.59. The van der Waals surface area contributed by atoms with E-state index < -0.39 is 0 Å². The molecule has 1 unspecified atom stereocenters. The first-order chi connectivity index (χ1) is 8.54. The summed E-state index contributed by atoms with van der Waals surface area (Å²) < 4.78 is 0. The molecule has 1 heterocycles. The van der Waals surface area contributed by atoms with Gasteiger partial charge in [-0.05, 0) is 33.7 Å². The van der Waals surface area contributed by atoms with E-state index in [2.05, 4.69) is 36.8 Å². The van der Waals surface area contributed by atoms with Gasteiger partial charge < -0.3 is 0 Å². The van der Waals surface area contributed by atoms with E-state index in [0.29, 0.717) is 12.5 Å². The van der Waals surface area contributed by atoms with Crippen LogP contribution in [0.2, 0.25) is 0 Å². The molecule has 0 radical (unpaired) electrons. The van der Waals surface area contributed by atoms with E-state index in [4.69, 9.17) is 5.26 Å². The van der Waals surface area contributed by atoms with Crippen molar-refractivity contribution >= 4 is 0 Å². The molecule has 0 aromatic rings. The third-order valence-corrected chi connectivity index (χ3v) is 4.96. The first-order valence-corrected chi connectivity index (χ1v) is 7.38. The first kappa shape index (κ1) is 13.8. The van der Waals surface area contributed by atoms with Crippen molar-refractivity contribution in [3.8, 4) is 6.07 Å². The average Bonchev–Trinajstić information content (AvgIpc) is 2.36. The SMILES string of the molecule is CN1C(CC#N)CN(C2CCCCC2)CC1(C)C. The number of hydrogen-bond donors (Lipinski definition) is 0. The molecule has 2 aliphatic rings. The molecule has 0 aromatic heterocycles. The molecule has 1 atom stereocenters. The second-order valence-corrected chi connectivity index (χ2v) is 6.66. The van der Waals surface area contributed by atoms with Gasteiger partial charge in [0.25, 0.3) is 0 Å². The third kappa shape index (κ3) is 2.87. The van der Waals surface area contributed by atoms with Gasteiger partial charge in [0.1, 0.15) is 0 Å². The Hall–Kier alpha value is -0.590. The van der Waals surface area contributed by atoms with Crippen molar-refractivity contribution < 1.29 is 0 Å². The lowest BCUT2D eigenvalue weighted by Crippen LogP contribution is -2.64. The summed E-state index contributed by atoms with van der Waals surface area (Å²) in [5, 5.41) is 9.01. The van der Waals surface area contributed by atoms with Crippen LogP contribution in [0.3, 0.4) is 0 Å². The van der Waals surface area contributed by atoms with Crippen molar-refractivity contribution in [2.75, 3.05) is 20.1 Å². The summed E-state index contributed by atoms with van der Waals surface area (Å²) in [6.45, 7) is 6.85. The van der Waals surface area contributed by atoms with Crippen LogP contribution in [0.5, 0.6) is 0 Å². The Labute approximate surface area is 112 Å². The minimum atomic E-state index is 0.192. The highest BCUT2D eigenvalue weighted by molar-refractivity contribution is 4.98. The van der Waals surface area contributed by atoms with Crippen molar-refractivity contribution in [3.05, 3.63) is 0 Å². The molecular formula is C15H27N3. The van der Waals surface area contributed by atoms with Crippen LogP contribution in [0, 0.1) is 11.3 Å². The maximum atomic E-state index is 9.01. The molecule has 1 saturated carbocycles. The predicted octanol–water partition coefficient (Wildman–Crippen LogP) is 2.63. The summed E-state index contributed by atoms with van der Waals surface area (Å²) in [6.07, 6.45) is 7.57. The van der Waals surface area contributed by atoms with Crippen LogP contribution in [0.25, 0.3) is 0 Å². The molecule has 0 bridgehead atoms. The lowest BCUT2D eigenvalue weighted by Gasteiger charge is -2.52. The fraction of sp³-hybridized carbons (Fsp3) is 0.933. The van der Waals surface area contributed by atoms with Crippen molar-refractivity contribution in [2.24, 2.45) is 0 Å². The maximum Gasteiger partial charge on any atom is 0.0638 e. The molecule has 3 heteroatoms. The summed E-state index contributed by atoms with van der Waals surface area (Å²) >= 11 is 0. The Bertz CT molecular complexity index is 312. The highest BCUT2D eigenvalue weighted by Gasteiger charge is 2.39. The zero-order valence-corrected chi connectivity index (χ0v) is 12.2. The van der Waals surface area contributed by atoms with Crippen LogP contribution < -0.4 is 0 Å². The van der Waals surface area contributed by atoms with Crippen LogP contribution >= 0.6 is 0 Å². The molecule has 102 valence electrons. The van der Waals surface area contributed by atoms with Crippen molar-refractivity contribution in [2.45, 2.75) is 70.0 Å².